The molecule has 0 bridgehead atoms. The lowest BCUT2D eigenvalue weighted by molar-refractivity contribution is -0.131. The second-order valence-corrected chi connectivity index (χ2v) is 13.8. The molecule has 14 nitrogen and oxygen atoms in total. The molecule has 0 unspecified atom stereocenters. The number of anilines is 4. The molecule has 0 spiro atoms. The lowest BCUT2D eigenvalue weighted by Gasteiger charge is -2.43. The van der Waals surface area contributed by atoms with Gasteiger partial charge in [-0.15, -0.1) is 0 Å². The highest BCUT2D eigenvalue weighted by Gasteiger charge is 2.41. The summed E-state index contributed by atoms with van der Waals surface area (Å²) in [5.74, 6) is 0.704. The number of carboxylic acid groups (broad SMARTS) is 1. The van der Waals surface area contributed by atoms with E-state index >= 15 is 0 Å². The zero-order chi connectivity index (χ0) is 36.3. The van der Waals surface area contributed by atoms with Gasteiger partial charge < -0.3 is 45.0 Å². The van der Waals surface area contributed by atoms with Crippen LogP contribution in [0.25, 0.3) is 0 Å². The molecular formula is C37H55N9O5. The van der Waals surface area contributed by atoms with Gasteiger partial charge in [0.1, 0.15) is 17.5 Å². The third-order valence-electron chi connectivity index (χ3n) is 10.2. The number of likely N-dealkylation sites (N-methyl/N-ethyl adjacent to an activating group) is 2. The molecule has 3 N–H and O–H groups in total. The van der Waals surface area contributed by atoms with E-state index in [1.165, 1.54) is 6.08 Å². The topological polar surface area (TPSA) is 147 Å². The highest BCUT2D eigenvalue weighted by molar-refractivity contribution is 6.04. The molecule has 5 rings (SSSR count). The van der Waals surface area contributed by atoms with Crippen molar-refractivity contribution in [3.8, 4) is 5.75 Å². The molecule has 1 aromatic carbocycles. The van der Waals surface area contributed by atoms with E-state index in [9.17, 15) is 14.4 Å². The number of aromatic nitrogens is 2. The van der Waals surface area contributed by atoms with Gasteiger partial charge in [-0.05, 0) is 77.0 Å². The fourth-order valence-corrected chi connectivity index (χ4v) is 7.33. The SMILES string of the molecule is CC[C@@H]1C(=O)N(C)c2cnc(Nc3ccc(C(=O)NCCCN4CCN(CCCN(C)C/C=C/C(=O)O)CC4)cc3OC)nc2N1C1CCCC1. The van der Waals surface area contributed by atoms with Gasteiger partial charge >= 0.3 is 5.97 Å². The average molecular weight is 706 g/mol. The first-order valence-corrected chi connectivity index (χ1v) is 18.4. The number of piperazine rings is 1. The highest BCUT2D eigenvalue weighted by atomic mass is 16.5. The lowest BCUT2D eigenvalue weighted by atomic mass is 10.0. The van der Waals surface area contributed by atoms with E-state index in [4.69, 9.17) is 14.8 Å². The van der Waals surface area contributed by atoms with Crippen LogP contribution in [0.5, 0.6) is 5.75 Å². The molecule has 2 fully saturated rings. The number of amides is 2. The molecule has 3 heterocycles. The number of nitrogens with zero attached hydrogens (tertiary/aromatic N) is 7. The quantitative estimate of drug-likeness (QED) is 0.164. The Morgan fingerprint density at radius 3 is 2.47 bits per heavy atom. The van der Waals surface area contributed by atoms with Gasteiger partial charge in [0.2, 0.25) is 11.9 Å². The minimum absolute atomic E-state index is 0.0775. The van der Waals surface area contributed by atoms with Gasteiger partial charge in [-0.2, -0.15) is 4.98 Å². The number of fused-ring (bicyclic) bond motifs is 1. The summed E-state index contributed by atoms with van der Waals surface area (Å²) in [6.45, 7) is 10.2. The van der Waals surface area contributed by atoms with E-state index in [2.05, 4.69) is 35.2 Å². The van der Waals surface area contributed by atoms with Crippen LogP contribution < -0.4 is 25.2 Å². The number of nitrogens with one attached hydrogen (secondary N) is 2. The van der Waals surface area contributed by atoms with E-state index in [1.54, 1.807) is 43.5 Å². The number of methoxy groups -OCH3 is 1. The Hall–Kier alpha value is -4.27. The van der Waals surface area contributed by atoms with Crippen molar-refractivity contribution in [2.24, 2.45) is 0 Å². The Labute approximate surface area is 301 Å². The van der Waals surface area contributed by atoms with Crippen LogP contribution >= 0.6 is 0 Å². The number of hydrogen-bond acceptors (Lipinski definition) is 11. The van der Waals surface area contributed by atoms with Crippen LogP contribution in [0.2, 0.25) is 0 Å². The Balaban J connectivity index is 1.08. The van der Waals surface area contributed by atoms with Crippen LogP contribution in [0.3, 0.4) is 0 Å². The van der Waals surface area contributed by atoms with Crippen molar-refractivity contribution in [1.82, 2.24) is 30.0 Å². The molecule has 1 aromatic heterocycles. The maximum Gasteiger partial charge on any atom is 0.328 e. The van der Waals surface area contributed by atoms with E-state index in [0.717, 1.165) is 90.2 Å². The Morgan fingerprint density at radius 1 is 1.10 bits per heavy atom. The maximum absolute atomic E-state index is 13.2. The smallest absolute Gasteiger partial charge is 0.328 e. The molecule has 0 radical (unpaired) electrons. The summed E-state index contributed by atoms with van der Waals surface area (Å²) in [6, 6.07) is 5.34. The minimum atomic E-state index is -0.910. The minimum Gasteiger partial charge on any atom is -0.495 e. The number of rotatable bonds is 17. The number of benzene rings is 1. The van der Waals surface area contributed by atoms with Crippen molar-refractivity contribution in [2.45, 2.75) is 64.0 Å². The first kappa shape index (κ1) is 38.0. The summed E-state index contributed by atoms with van der Waals surface area (Å²) < 4.78 is 5.67. The predicted octanol–water partition coefficient (Wildman–Crippen LogP) is 3.43. The molecule has 1 atom stereocenters. The van der Waals surface area contributed by atoms with E-state index in [0.29, 0.717) is 48.1 Å². The molecule has 2 aliphatic heterocycles. The molecule has 278 valence electrons. The largest absolute Gasteiger partial charge is 0.495 e. The fourth-order valence-electron chi connectivity index (χ4n) is 7.33. The van der Waals surface area contributed by atoms with Gasteiger partial charge in [0.05, 0.1) is 19.0 Å². The first-order chi connectivity index (χ1) is 24.7. The van der Waals surface area contributed by atoms with Gasteiger partial charge in [-0.1, -0.05) is 25.8 Å². The molecule has 3 aliphatic rings. The van der Waals surface area contributed by atoms with Gasteiger partial charge in [0.25, 0.3) is 5.91 Å². The lowest BCUT2D eigenvalue weighted by Crippen LogP contribution is -2.55. The van der Waals surface area contributed by atoms with Crippen LogP contribution in [0.1, 0.15) is 62.2 Å². The second kappa shape index (κ2) is 18.3. The van der Waals surface area contributed by atoms with Gasteiger partial charge in [-0.25, -0.2) is 9.78 Å². The van der Waals surface area contributed by atoms with E-state index < -0.39 is 5.97 Å². The summed E-state index contributed by atoms with van der Waals surface area (Å²) in [5, 5.41) is 15.1. The number of ether oxygens (including phenoxy) is 1. The van der Waals surface area contributed by atoms with Crippen LogP contribution in [0.4, 0.5) is 23.1 Å². The van der Waals surface area contributed by atoms with Crippen LogP contribution in [0, 0.1) is 0 Å². The van der Waals surface area contributed by atoms with Crippen molar-refractivity contribution in [3.63, 3.8) is 0 Å². The van der Waals surface area contributed by atoms with Crippen LogP contribution in [-0.2, 0) is 9.59 Å². The molecule has 2 amide bonds. The van der Waals surface area contributed by atoms with Gasteiger partial charge in [-0.3, -0.25) is 9.59 Å². The predicted molar refractivity (Wildman–Crippen MR) is 199 cm³/mol. The molecule has 1 aliphatic carbocycles. The third kappa shape index (κ3) is 9.95. The maximum atomic E-state index is 13.2. The molecule has 1 saturated heterocycles. The third-order valence-corrected chi connectivity index (χ3v) is 10.2. The molecule has 14 heteroatoms. The summed E-state index contributed by atoms with van der Waals surface area (Å²) in [6.07, 6.45) is 11.6. The van der Waals surface area contributed by atoms with Gasteiger partial charge in [0.15, 0.2) is 5.82 Å². The number of carbonyl (C=O) groups excluding carboxylic acids is 2. The second-order valence-electron chi connectivity index (χ2n) is 13.8. The first-order valence-electron chi connectivity index (χ1n) is 18.4. The van der Waals surface area contributed by atoms with E-state index in [1.807, 2.05) is 20.0 Å². The van der Waals surface area contributed by atoms with Crippen LogP contribution in [0.15, 0.2) is 36.5 Å². The molecule has 1 saturated carbocycles. The zero-order valence-electron chi connectivity index (χ0n) is 30.6. The molecule has 2 aromatic rings. The summed E-state index contributed by atoms with van der Waals surface area (Å²) in [7, 11) is 5.37. The van der Waals surface area contributed by atoms with Crippen molar-refractivity contribution in [1.29, 1.82) is 0 Å². The van der Waals surface area contributed by atoms with E-state index in [-0.39, 0.29) is 23.9 Å². The molecule has 51 heavy (non-hydrogen) atoms. The number of hydrogen-bond donors (Lipinski definition) is 3. The number of carbonyl (C=O) groups is 3. The zero-order valence-corrected chi connectivity index (χ0v) is 30.6. The van der Waals surface area contributed by atoms with Gasteiger partial charge in [0, 0.05) is 64.0 Å². The summed E-state index contributed by atoms with van der Waals surface area (Å²) in [4.78, 5) is 57.3. The average Bonchev–Trinajstić information content (AvgIpc) is 3.66. The Morgan fingerprint density at radius 2 is 1.80 bits per heavy atom. The van der Waals surface area contributed by atoms with Crippen molar-refractivity contribution in [2.75, 3.05) is 95.2 Å². The number of aliphatic carboxylic acids is 1. The summed E-state index contributed by atoms with van der Waals surface area (Å²) in [5.41, 5.74) is 1.87. The normalized spacial score (nSPS) is 18.8. The monoisotopic (exact) mass is 705 g/mol. The number of carboxylic acids is 1. The highest BCUT2D eigenvalue weighted by Crippen LogP contribution is 2.40. The Kier molecular flexibility index (Phi) is 13.6. The van der Waals surface area contributed by atoms with Crippen molar-refractivity contribution < 1.29 is 24.2 Å². The Bertz CT molecular complexity index is 1520. The van der Waals surface area contributed by atoms with Crippen molar-refractivity contribution in [3.05, 3.63) is 42.1 Å². The van der Waals surface area contributed by atoms with Crippen LogP contribution in [-0.4, -0.2) is 140 Å². The standard InChI is InChI=1S/C37H55N9O5/c1-5-30-36(50)43(3)31-26-39-37(41-34(31)46(30)28-11-6-7-12-28)40-29-15-14-27(25-32(29)51-4)35(49)38-16-9-19-44-21-23-45(24-22-44)20-10-18-42(2)17-8-13-33(47)48/h8,13-15,25-26,28,30H,5-7,9-12,16-24H2,1-4H3,(H,38,49)(H,47,48)(H,39,40,41)/b13-8+/t30-/m1/s1. The fraction of sp³-hybridized carbons (Fsp3) is 0.595. The summed E-state index contributed by atoms with van der Waals surface area (Å²) >= 11 is 0. The molecular weight excluding hydrogens is 650 g/mol. The van der Waals surface area contributed by atoms with Crippen molar-refractivity contribution >= 4 is 40.9 Å².